The maximum Gasteiger partial charge on any atom is -0.00474 e. The summed E-state index contributed by atoms with van der Waals surface area (Å²) in [7, 11) is 0. The van der Waals surface area contributed by atoms with Gasteiger partial charge in [0.05, 0.1) is 0 Å². The van der Waals surface area contributed by atoms with Crippen molar-refractivity contribution in [2.75, 3.05) is 25.0 Å². The van der Waals surface area contributed by atoms with Crippen molar-refractivity contribution in [2.45, 2.75) is 27.7 Å². The number of carbonyl (C=O) groups excluding carboxylic acids is 1. The van der Waals surface area contributed by atoms with Gasteiger partial charge in [-0.3, -0.25) is 0 Å². The number of benzene rings is 1. The Morgan fingerprint density at radius 3 is 1.96 bits per heavy atom. The van der Waals surface area contributed by atoms with E-state index in [1.54, 1.807) is 6.07 Å². The molecule has 0 radical (unpaired) electrons. The third-order valence-electron chi connectivity index (χ3n) is 3.15. The predicted molar refractivity (Wildman–Crippen MR) is 104 cm³/mol. The Hall–Kier alpha value is -1.90. The van der Waals surface area contributed by atoms with E-state index in [-0.39, 0.29) is 15.9 Å². The van der Waals surface area contributed by atoms with Gasteiger partial charge in [-0.15, -0.1) is 0 Å². The van der Waals surface area contributed by atoms with Gasteiger partial charge in [0, 0.05) is 6.08 Å². The summed E-state index contributed by atoms with van der Waals surface area (Å²) in [6, 6.07) is 5.84. The van der Waals surface area contributed by atoms with Crippen LogP contribution in [0.5, 0.6) is 0 Å². The molecule has 0 spiro atoms. The van der Waals surface area contributed by atoms with Crippen LogP contribution in [0.3, 0.4) is 0 Å². The fourth-order valence-corrected chi connectivity index (χ4v) is 3.40. The average molecular weight is 448 g/mol. The van der Waals surface area contributed by atoms with Crippen molar-refractivity contribution in [3.05, 3.63) is 36.9 Å². The molecule has 0 fully saturated rings. The molecular weight excluding hydrogens is 419 g/mol. The van der Waals surface area contributed by atoms with Gasteiger partial charge in [-0.1, -0.05) is 27.4 Å². The van der Waals surface area contributed by atoms with Gasteiger partial charge >= 0.3 is 94.4 Å². The molecule has 1 rings (SSSR count). The van der Waals surface area contributed by atoms with Crippen LogP contribution in [-0.4, -0.2) is 65.0 Å². The summed E-state index contributed by atoms with van der Waals surface area (Å²) in [4.78, 5) is 22.4. The van der Waals surface area contributed by atoms with Crippen LogP contribution in [0, 0.1) is 0 Å². The number of para-hydroxylation sites is 1. The van der Waals surface area contributed by atoms with Crippen molar-refractivity contribution in [2.24, 2.45) is 0 Å². The molecule has 1 atom stereocenters. The van der Waals surface area contributed by atoms with Gasteiger partial charge in [0.2, 0.25) is 0 Å². The Morgan fingerprint density at radius 2 is 1.67 bits per heavy atom. The molecule has 1 unspecified atom stereocenters. The first-order valence-electron chi connectivity index (χ1n) is 8.20. The van der Waals surface area contributed by atoms with Crippen LogP contribution in [0.2, 0.25) is 0 Å². The molecule has 0 bridgehead atoms. The van der Waals surface area contributed by atoms with Gasteiger partial charge in [-0.25, -0.2) is 4.79 Å². The van der Waals surface area contributed by atoms with Gasteiger partial charge < -0.3 is 10.0 Å². The molecule has 27 heavy (non-hydrogen) atoms. The Morgan fingerprint density at radius 1 is 1.22 bits per heavy atom. The predicted octanol–water partition coefficient (Wildman–Crippen LogP) is 1.31. The minimum absolute atomic E-state index is 0.103. The summed E-state index contributed by atoms with van der Waals surface area (Å²) in [5, 5.41) is 18.3. The first kappa shape index (κ1) is 27.3. The molecule has 4 N–H and O–H groups in total. The summed E-state index contributed by atoms with van der Waals surface area (Å²) in [5.74, 6) is -1.36. The normalized spacial score (nSPS) is 11.8. The third-order valence-corrected chi connectivity index (χ3v) is 5.71. The van der Waals surface area contributed by atoms with Crippen LogP contribution >= 0.6 is 0 Å². The van der Waals surface area contributed by atoms with Crippen molar-refractivity contribution >= 4 is 36.1 Å². The van der Waals surface area contributed by atoms with E-state index in [0.717, 1.165) is 6.08 Å². The van der Waals surface area contributed by atoms with E-state index in [4.69, 9.17) is 10.4 Å². The molecule has 1 aromatic rings. The number of carbonyl (C=O) groups is 2. The molecule has 10 heteroatoms. The first-order valence-corrected chi connectivity index (χ1v) is 11.5. The third kappa shape index (κ3) is 13.0. The van der Waals surface area contributed by atoms with E-state index < -0.39 is 20.1 Å². The monoisotopic (exact) mass is 448 g/mol. The first-order chi connectivity index (χ1) is 12.6. The van der Waals surface area contributed by atoms with E-state index in [1.807, 2.05) is 0 Å². The summed E-state index contributed by atoms with van der Waals surface area (Å²) in [6.45, 7) is 14.4. The summed E-state index contributed by atoms with van der Waals surface area (Å²) in [5.41, 5.74) is 0.157. The molecule has 0 aromatic heterocycles. The SMILES string of the molecule is C=CC(=O)O.CC(=O)Nc1ccccc1[As](=O)(O)OO.CCN(CC)CC. The molecule has 0 saturated heterocycles. The molecule has 0 heterocycles. The second-order valence-corrected chi connectivity index (χ2v) is 8.50. The summed E-state index contributed by atoms with van der Waals surface area (Å²) >= 11 is -4.92. The maximum absolute atomic E-state index is 11.4. The minimum atomic E-state index is -4.92. The van der Waals surface area contributed by atoms with Crippen LogP contribution in [-0.2, 0) is 17.2 Å². The Bertz CT molecular complexity index is 628. The largest absolute Gasteiger partial charge is 0.304 e. The van der Waals surface area contributed by atoms with Crippen molar-refractivity contribution in [1.82, 2.24) is 4.90 Å². The van der Waals surface area contributed by atoms with Crippen LogP contribution in [0.25, 0.3) is 0 Å². The van der Waals surface area contributed by atoms with Gasteiger partial charge in [0.1, 0.15) is 0 Å². The molecular formula is C17H29AsN2O7. The number of carboxylic acids is 1. The summed E-state index contributed by atoms with van der Waals surface area (Å²) in [6.07, 6.45) is 0.833. The average Bonchev–Trinajstić information content (AvgIpc) is 2.64. The van der Waals surface area contributed by atoms with Gasteiger partial charge in [-0.2, -0.15) is 0 Å². The number of hydrogen-bond acceptors (Lipinski definition) is 6. The standard InChI is InChI=1S/C8H10AsNO5.C6H15N.C3H4O2/c1-6(11)10-8-5-3-2-4-7(8)9(12,13)15-14;1-4-7(5-2)6-3;1-2-3(4)5/h2-5,14H,1H3,(H,10,11)(H,12,13);4-6H2,1-3H3;2H,1H2,(H,4,5). The van der Waals surface area contributed by atoms with E-state index >= 15 is 0 Å². The van der Waals surface area contributed by atoms with Crippen LogP contribution in [0.4, 0.5) is 5.69 Å². The van der Waals surface area contributed by atoms with Crippen molar-refractivity contribution < 1.29 is 31.7 Å². The maximum atomic E-state index is 11.4. The smallest absolute Gasteiger partial charge is 0.00474 e. The Kier molecular flexibility index (Phi) is 15.4. The van der Waals surface area contributed by atoms with Crippen molar-refractivity contribution in [1.29, 1.82) is 0 Å². The van der Waals surface area contributed by atoms with E-state index in [0.29, 0.717) is 0 Å². The zero-order valence-electron chi connectivity index (χ0n) is 16.1. The van der Waals surface area contributed by atoms with Crippen molar-refractivity contribution in [3.8, 4) is 0 Å². The zero-order chi connectivity index (χ0) is 21.5. The topological polar surface area (TPSA) is 136 Å². The fourth-order valence-electron chi connectivity index (χ4n) is 1.73. The summed E-state index contributed by atoms with van der Waals surface area (Å²) < 4.78 is 24.1. The number of rotatable bonds is 7. The van der Waals surface area contributed by atoms with Gasteiger partial charge in [0.25, 0.3) is 0 Å². The Balaban J connectivity index is 0. The number of anilines is 1. The fraction of sp³-hybridized carbons (Fsp3) is 0.412. The van der Waals surface area contributed by atoms with Crippen LogP contribution in [0.1, 0.15) is 27.7 Å². The molecule has 0 saturated carbocycles. The number of nitrogens with zero attached hydrogens (tertiary/aromatic N) is 1. The van der Waals surface area contributed by atoms with Crippen molar-refractivity contribution in [3.63, 3.8) is 0 Å². The molecule has 1 aromatic carbocycles. The molecule has 0 aliphatic heterocycles. The quantitative estimate of drug-likeness (QED) is 0.212. The Labute approximate surface area is 162 Å². The number of carboxylic acid groups (broad SMARTS) is 1. The minimum Gasteiger partial charge on any atom is -0.304 e. The van der Waals surface area contributed by atoms with E-state index in [9.17, 15) is 17.4 Å². The zero-order valence-corrected chi connectivity index (χ0v) is 18.0. The number of aliphatic carboxylic acids is 1. The van der Waals surface area contributed by atoms with Crippen LogP contribution < -0.4 is 9.67 Å². The van der Waals surface area contributed by atoms with Gasteiger partial charge in [0.15, 0.2) is 0 Å². The van der Waals surface area contributed by atoms with E-state index in [1.165, 1.54) is 44.8 Å². The molecule has 154 valence electrons. The number of nitrogens with one attached hydrogen (secondary N) is 1. The number of hydrogen-bond donors (Lipinski definition) is 4. The second kappa shape index (κ2) is 15.2. The number of amides is 1. The van der Waals surface area contributed by atoms with Gasteiger partial charge in [-0.05, 0) is 19.6 Å². The second-order valence-electron chi connectivity index (χ2n) is 4.96. The van der Waals surface area contributed by atoms with E-state index in [2.05, 4.69) is 41.4 Å². The molecule has 0 aliphatic carbocycles. The van der Waals surface area contributed by atoms with Crippen LogP contribution in [0.15, 0.2) is 36.9 Å². The molecule has 0 aliphatic rings. The molecule has 9 nitrogen and oxygen atoms in total. The molecule has 1 amide bonds.